The lowest BCUT2D eigenvalue weighted by atomic mass is 10.0. The Labute approximate surface area is 490 Å². The smallest absolute Gasteiger partial charge is 0.143 e. The maximum atomic E-state index is 6.58. The van der Waals surface area contributed by atoms with E-state index in [4.69, 9.17) is 8.83 Å². The van der Waals surface area contributed by atoms with Crippen molar-refractivity contribution in [1.82, 2.24) is 0 Å². The topological polar surface area (TPSA) is 36.0 Å². The summed E-state index contributed by atoms with van der Waals surface area (Å²) in [5.41, 5.74) is 19.2. The molecule has 84 heavy (non-hydrogen) atoms. The highest BCUT2D eigenvalue weighted by Crippen LogP contribution is 2.50. The molecule has 0 saturated carbocycles. The van der Waals surface area contributed by atoms with Crippen LogP contribution in [0.4, 0.5) is 51.2 Å². The normalized spacial score (nSPS) is 11.6. The molecule has 0 atom stereocenters. The second-order valence-electron chi connectivity index (χ2n) is 21.2. The first-order valence-corrected chi connectivity index (χ1v) is 29.2. The van der Waals surface area contributed by atoms with Crippen LogP contribution in [0.3, 0.4) is 0 Å². The van der Waals surface area contributed by atoms with E-state index >= 15 is 0 Å². The fourth-order valence-electron chi connectivity index (χ4n) is 12.3. The first-order chi connectivity index (χ1) is 41.6. The van der Waals surface area contributed by atoms with Crippen molar-refractivity contribution < 1.29 is 8.83 Å². The fourth-order valence-corrected chi connectivity index (χ4v) is 13.5. The van der Waals surface area contributed by atoms with E-state index in [2.05, 4.69) is 300 Å². The Morgan fingerprint density at radius 2 is 0.607 bits per heavy atom. The molecule has 5 nitrogen and oxygen atoms in total. The van der Waals surface area contributed by atoms with Gasteiger partial charge in [0.05, 0.1) is 27.4 Å². The summed E-state index contributed by atoms with van der Waals surface area (Å²) < 4.78 is 15.6. The van der Waals surface area contributed by atoms with Gasteiger partial charge in [0.1, 0.15) is 22.3 Å². The zero-order valence-electron chi connectivity index (χ0n) is 45.5. The minimum absolute atomic E-state index is 0.882. The van der Waals surface area contributed by atoms with Crippen molar-refractivity contribution in [2.45, 2.75) is 0 Å². The highest BCUT2D eigenvalue weighted by Gasteiger charge is 2.25. The van der Waals surface area contributed by atoms with E-state index < -0.39 is 0 Å². The summed E-state index contributed by atoms with van der Waals surface area (Å²) in [6.45, 7) is 0. The molecule has 6 heteroatoms. The average molecular weight is 1090 g/mol. The lowest BCUT2D eigenvalue weighted by molar-refractivity contribution is 0.669. The van der Waals surface area contributed by atoms with Crippen molar-refractivity contribution in [2.75, 3.05) is 14.7 Å². The molecule has 0 amide bonds. The first kappa shape index (κ1) is 48.9. The van der Waals surface area contributed by atoms with Crippen molar-refractivity contribution in [1.29, 1.82) is 0 Å². The SMILES string of the molecule is c1ccc(-c2ccc(N(c3cc(N(c4ccccc4)c4ccc(-c5cccc6c5oc5ccccc56)cc4)cc(N(c4ccccc4)c4ccc(-c5cccc6c5oc5ccccc56)cc4)c3)c3cccc4c3sc3ccccc34)cc2)cc1. The van der Waals surface area contributed by atoms with Gasteiger partial charge in [-0.15, -0.1) is 11.3 Å². The van der Waals surface area contributed by atoms with Crippen LogP contribution in [0.25, 0.3) is 97.4 Å². The van der Waals surface area contributed by atoms with Crippen molar-refractivity contribution in [3.63, 3.8) is 0 Å². The Kier molecular flexibility index (Phi) is 12.0. The van der Waals surface area contributed by atoms with Gasteiger partial charge in [0, 0.05) is 76.6 Å². The summed E-state index contributed by atoms with van der Waals surface area (Å²) in [6.07, 6.45) is 0. The Morgan fingerprint density at radius 3 is 1.13 bits per heavy atom. The molecule has 0 spiro atoms. The number of thiophene rings is 1. The summed E-state index contributed by atoms with van der Waals surface area (Å²) >= 11 is 1.84. The van der Waals surface area contributed by atoms with Crippen LogP contribution in [0.5, 0.6) is 0 Å². The maximum Gasteiger partial charge on any atom is 0.143 e. The molecule has 0 unspecified atom stereocenters. The van der Waals surface area contributed by atoms with Crippen molar-refractivity contribution in [3.8, 4) is 33.4 Å². The quantitative estimate of drug-likeness (QED) is 0.122. The summed E-state index contributed by atoms with van der Waals surface area (Å²) in [5.74, 6) is 0. The third-order valence-corrected chi connectivity index (χ3v) is 17.4. The third kappa shape index (κ3) is 8.55. The Morgan fingerprint density at radius 1 is 0.238 bits per heavy atom. The molecule has 0 N–H and O–H groups in total. The number of furan rings is 2. The van der Waals surface area contributed by atoms with Gasteiger partial charge >= 0.3 is 0 Å². The molecule has 0 bridgehead atoms. The van der Waals surface area contributed by atoms with E-state index in [1.807, 2.05) is 35.6 Å². The maximum absolute atomic E-state index is 6.58. The van der Waals surface area contributed by atoms with Crippen molar-refractivity contribution in [2.24, 2.45) is 0 Å². The zero-order valence-corrected chi connectivity index (χ0v) is 46.3. The molecule has 396 valence electrons. The Hall–Kier alpha value is -10.9. The van der Waals surface area contributed by atoms with Gasteiger partial charge in [0.15, 0.2) is 0 Å². The van der Waals surface area contributed by atoms with Gasteiger partial charge in [-0.2, -0.15) is 0 Å². The molecule has 3 aromatic heterocycles. The number of rotatable bonds is 12. The van der Waals surface area contributed by atoms with Crippen LogP contribution in [-0.2, 0) is 0 Å². The zero-order chi connectivity index (χ0) is 55.5. The molecular formula is C78H51N3O2S. The van der Waals surface area contributed by atoms with Gasteiger partial charge in [-0.3, -0.25) is 0 Å². The number of hydrogen-bond acceptors (Lipinski definition) is 6. The van der Waals surface area contributed by atoms with E-state index in [0.29, 0.717) is 0 Å². The lowest BCUT2D eigenvalue weighted by Crippen LogP contribution is -2.16. The molecule has 16 rings (SSSR count). The summed E-state index contributed by atoms with van der Waals surface area (Å²) in [6, 6.07) is 111. The van der Waals surface area contributed by atoms with Crippen LogP contribution >= 0.6 is 11.3 Å². The molecule has 16 aromatic rings. The number of benzene rings is 13. The highest BCUT2D eigenvalue weighted by molar-refractivity contribution is 7.26. The molecule has 13 aromatic carbocycles. The van der Waals surface area contributed by atoms with Crippen molar-refractivity contribution >= 4 is 127 Å². The molecule has 0 aliphatic heterocycles. The molecular weight excluding hydrogens is 1040 g/mol. The molecule has 0 aliphatic carbocycles. The number of para-hydroxylation sites is 6. The summed E-state index contributed by atoms with van der Waals surface area (Å²) in [5, 5.41) is 6.91. The standard InChI is InChI=1S/C78H51N3O2S/c1-4-19-52(20-5-1)53-37-43-60(44-38-53)81(72-33-18-32-71-68-27-12-15-36-75(68)84-78(71)72)63-50-61(79(56-21-6-2-7-22-56)58-45-39-54(40-46-58)64-28-16-30-69-66-25-10-13-34-73(66)82-76(64)69)49-62(51-63)80(57-23-8-3-9-24-57)59-47-41-55(42-48-59)65-29-17-31-70-67-26-11-14-35-74(67)83-77(65)70/h1-51H. The van der Waals surface area contributed by atoms with E-state index in [9.17, 15) is 0 Å². The van der Waals surface area contributed by atoms with Gasteiger partial charge in [-0.1, -0.05) is 206 Å². The first-order valence-electron chi connectivity index (χ1n) is 28.4. The molecule has 0 fully saturated rings. The number of nitrogens with zero attached hydrogens (tertiary/aromatic N) is 3. The average Bonchev–Trinajstić information content (AvgIpc) is 2.28. The molecule has 0 radical (unpaired) electrons. The molecule has 0 saturated heterocycles. The fraction of sp³-hybridized carbons (Fsp3) is 0. The van der Waals surface area contributed by atoms with Crippen LogP contribution in [0.2, 0.25) is 0 Å². The molecule has 3 heterocycles. The van der Waals surface area contributed by atoms with E-state index in [0.717, 1.165) is 123 Å². The van der Waals surface area contributed by atoms with E-state index in [1.165, 1.54) is 25.7 Å². The third-order valence-electron chi connectivity index (χ3n) is 16.2. The second-order valence-corrected chi connectivity index (χ2v) is 22.3. The van der Waals surface area contributed by atoms with Gasteiger partial charge < -0.3 is 23.5 Å². The van der Waals surface area contributed by atoms with Gasteiger partial charge in [0.2, 0.25) is 0 Å². The summed E-state index contributed by atoms with van der Waals surface area (Å²) in [4.78, 5) is 7.23. The lowest BCUT2D eigenvalue weighted by Gasteiger charge is -2.33. The largest absolute Gasteiger partial charge is 0.455 e. The minimum Gasteiger partial charge on any atom is -0.455 e. The van der Waals surface area contributed by atoms with Gasteiger partial charge in [0.25, 0.3) is 0 Å². The predicted molar refractivity (Wildman–Crippen MR) is 354 cm³/mol. The second kappa shape index (κ2) is 20.6. The number of fused-ring (bicyclic) bond motifs is 9. The Bertz CT molecular complexity index is 4850. The van der Waals surface area contributed by atoms with Crippen LogP contribution in [-0.4, -0.2) is 0 Å². The van der Waals surface area contributed by atoms with E-state index in [-0.39, 0.29) is 0 Å². The Balaban J connectivity index is 0.919. The van der Waals surface area contributed by atoms with Crippen LogP contribution in [0.1, 0.15) is 0 Å². The van der Waals surface area contributed by atoms with Crippen LogP contribution in [0.15, 0.2) is 318 Å². The molecule has 0 aliphatic rings. The van der Waals surface area contributed by atoms with Gasteiger partial charge in [-0.05, 0) is 125 Å². The minimum atomic E-state index is 0.882. The number of hydrogen-bond donors (Lipinski definition) is 0. The van der Waals surface area contributed by atoms with Crippen LogP contribution < -0.4 is 14.7 Å². The van der Waals surface area contributed by atoms with Gasteiger partial charge in [-0.25, -0.2) is 0 Å². The highest BCUT2D eigenvalue weighted by atomic mass is 32.1. The van der Waals surface area contributed by atoms with Crippen LogP contribution in [0, 0.1) is 0 Å². The van der Waals surface area contributed by atoms with Crippen molar-refractivity contribution in [3.05, 3.63) is 309 Å². The monoisotopic (exact) mass is 1090 g/mol. The summed E-state index contributed by atoms with van der Waals surface area (Å²) in [7, 11) is 0. The van der Waals surface area contributed by atoms with E-state index in [1.54, 1.807) is 0 Å². The predicted octanol–water partition coefficient (Wildman–Crippen LogP) is 23.3. The number of anilines is 9.